The van der Waals surface area contributed by atoms with Crippen molar-refractivity contribution < 1.29 is 14.4 Å². The van der Waals surface area contributed by atoms with Gasteiger partial charge >= 0.3 is 0 Å². The number of hydrogen-bond donors (Lipinski definition) is 0. The topological polar surface area (TPSA) is 60.9 Å². The summed E-state index contributed by atoms with van der Waals surface area (Å²) in [6.07, 6.45) is 10.3. The highest BCUT2D eigenvalue weighted by atomic mass is 16.2. The number of rotatable bonds is 9. The second kappa shape index (κ2) is 9.80. The highest BCUT2D eigenvalue weighted by molar-refractivity contribution is 6.05. The summed E-state index contributed by atoms with van der Waals surface area (Å²) in [6, 6.07) is 0. The van der Waals surface area contributed by atoms with Crippen LogP contribution in [0.15, 0.2) is 0 Å². The van der Waals surface area contributed by atoms with Crippen LogP contribution in [0.1, 0.15) is 71.1 Å². The number of imide groups is 1. The van der Waals surface area contributed by atoms with Crippen LogP contribution in [0.3, 0.4) is 0 Å². The summed E-state index contributed by atoms with van der Waals surface area (Å²) in [4.78, 5) is 43.8. The summed E-state index contributed by atoms with van der Waals surface area (Å²) in [5, 5.41) is 0. The van der Waals surface area contributed by atoms with Gasteiger partial charge in [-0.3, -0.25) is 19.3 Å². The maximum atomic E-state index is 12.7. The Morgan fingerprint density at radius 3 is 2.13 bits per heavy atom. The van der Waals surface area contributed by atoms with E-state index in [1.54, 1.807) is 0 Å². The summed E-state index contributed by atoms with van der Waals surface area (Å²) < 4.78 is 0. The second-order valence-electron chi connectivity index (χ2n) is 10.0. The zero-order chi connectivity index (χ0) is 21.1. The number of carbonyl (C=O) groups excluding carboxylic acids is 3. The molecule has 4 aliphatic rings. The summed E-state index contributed by atoms with van der Waals surface area (Å²) in [7, 11) is 0. The van der Waals surface area contributed by atoms with Crippen LogP contribution in [-0.4, -0.2) is 71.7 Å². The highest BCUT2D eigenvalue weighted by Gasteiger charge is 2.47. The molecule has 2 saturated carbocycles. The first kappa shape index (κ1) is 21.8. The van der Waals surface area contributed by atoms with Gasteiger partial charge in [0, 0.05) is 32.6 Å². The minimum atomic E-state index is -0.111. The lowest BCUT2D eigenvalue weighted by atomic mass is 9.81. The van der Waals surface area contributed by atoms with Crippen molar-refractivity contribution >= 4 is 17.7 Å². The molecule has 2 atom stereocenters. The molecule has 0 unspecified atom stereocenters. The summed E-state index contributed by atoms with van der Waals surface area (Å²) in [6.45, 7) is 7.78. The van der Waals surface area contributed by atoms with E-state index in [9.17, 15) is 14.4 Å². The van der Waals surface area contributed by atoms with Gasteiger partial charge in [-0.05, 0) is 69.9 Å². The van der Waals surface area contributed by atoms with Crippen LogP contribution in [-0.2, 0) is 14.4 Å². The van der Waals surface area contributed by atoms with Crippen molar-refractivity contribution in [2.24, 2.45) is 23.7 Å². The third-order valence-corrected chi connectivity index (χ3v) is 7.96. The number of piperidine rings is 1. The molecule has 0 N–H and O–H groups in total. The van der Waals surface area contributed by atoms with Gasteiger partial charge in [0.2, 0.25) is 17.7 Å². The van der Waals surface area contributed by atoms with E-state index < -0.39 is 0 Å². The van der Waals surface area contributed by atoms with Crippen LogP contribution in [0.25, 0.3) is 0 Å². The summed E-state index contributed by atoms with van der Waals surface area (Å²) in [5.74, 6) is 1.49. The van der Waals surface area contributed by atoms with E-state index in [0.717, 1.165) is 64.1 Å². The Morgan fingerprint density at radius 1 is 0.933 bits per heavy atom. The summed E-state index contributed by atoms with van der Waals surface area (Å²) in [5.41, 5.74) is 0. The van der Waals surface area contributed by atoms with Crippen molar-refractivity contribution in [2.75, 3.05) is 39.3 Å². The number of carbonyl (C=O) groups is 3. The van der Waals surface area contributed by atoms with Crippen LogP contribution in [0, 0.1) is 23.7 Å². The van der Waals surface area contributed by atoms with Gasteiger partial charge in [0.15, 0.2) is 0 Å². The predicted molar refractivity (Wildman–Crippen MR) is 116 cm³/mol. The first-order valence-corrected chi connectivity index (χ1v) is 12.4. The molecule has 2 aliphatic carbocycles. The Bertz CT molecular complexity index is 616. The minimum absolute atomic E-state index is 0.0251. The SMILES string of the molecule is CCN(CCC1CCN(C(=O)CCN2C(=O)[C@H]3CCCC[C@@H]3C2=O)CC1)CC1CC1. The van der Waals surface area contributed by atoms with Gasteiger partial charge in [0.1, 0.15) is 0 Å². The number of fused-ring (bicyclic) bond motifs is 1. The molecule has 0 radical (unpaired) electrons. The molecule has 6 heteroatoms. The normalized spacial score (nSPS) is 27.8. The van der Waals surface area contributed by atoms with E-state index in [-0.39, 0.29) is 42.5 Å². The fourth-order valence-electron chi connectivity index (χ4n) is 5.70. The fraction of sp³-hybridized carbons (Fsp3) is 0.875. The van der Waals surface area contributed by atoms with Crippen LogP contribution >= 0.6 is 0 Å². The average molecular weight is 418 g/mol. The zero-order valence-electron chi connectivity index (χ0n) is 18.7. The molecule has 0 bridgehead atoms. The lowest BCUT2D eigenvalue weighted by Gasteiger charge is -2.33. The van der Waals surface area contributed by atoms with E-state index in [0.29, 0.717) is 5.92 Å². The van der Waals surface area contributed by atoms with Crippen molar-refractivity contribution in [1.29, 1.82) is 0 Å². The largest absolute Gasteiger partial charge is 0.343 e. The van der Waals surface area contributed by atoms with Gasteiger partial charge in [0.05, 0.1) is 11.8 Å². The molecule has 2 aliphatic heterocycles. The van der Waals surface area contributed by atoms with Crippen molar-refractivity contribution in [1.82, 2.24) is 14.7 Å². The Hall–Kier alpha value is -1.43. The van der Waals surface area contributed by atoms with Crippen LogP contribution < -0.4 is 0 Å². The minimum Gasteiger partial charge on any atom is -0.343 e. The molecule has 168 valence electrons. The van der Waals surface area contributed by atoms with Crippen LogP contribution in [0.4, 0.5) is 0 Å². The number of likely N-dealkylation sites (tertiary alicyclic amines) is 2. The number of hydrogen-bond acceptors (Lipinski definition) is 4. The molecule has 3 amide bonds. The second-order valence-corrected chi connectivity index (χ2v) is 10.0. The molecule has 30 heavy (non-hydrogen) atoms. The fourth-order valence-corrected chi connectivity index (χ4v) is 5.70. The monoisotopic (exact) mass is 417 g/mol. The molecule has 0 aromatic rings. The van der Waals surface area contributed by atoms with Crippen molar-refractivity contribution in [2.45, 2.75) is 71.1 Å². The Labute approximate surface area is 181 Å². The Kier molecular flexibility index (Phi) is 7.12. The van der Waals surface area contributed by atoms with E-state index in [4.69, 9.17) is 0 Å². The molecule has 0 aromatic carbocycles. The maximum absolute atomic E-state index is 12.7. The zero-order valence-corrected chi connectivity index (χ0v) is 18.7. The first-order chi connectivity index (χ1) is 14.6. The van der Waals surface area contributed by atoms with Gasteiger partial charge < -0.3 is 9.80 Å². The lowest BCUT2D eigenvalue weighted by molar-refractivity contribution is -0.141. The van der Waals surface area contributed by atoms with Gasteiger partial charge in [0.25, 0.3) is 0 Å². The van der Waals surface area contributed by atoms with Gasteiger partial charge in [-0.2, -0.15) is 0 Å². The van der Waals surface area contributed by atoms with Crippen molar-refractivity contribution in [3.05, 3.63) is 0 Å². The smallest absolute Gasteiger partial charge is 0.233 e. The quantitative estimate of drug-likeness (QED) is 0.541. The van der Waals surface area contributed by atoms with Crippen LogP contribution in [0.5, 0.6) is 0 Å². The molecule has 4 fully saturated rings. The molecule has 4 rings (SSSR count). The van der Waals surface area contributed by atoms with E-state index >= 15 is 0 Å². The number of nitrogens with zero attached hydrogens (tertiary/aromatic N) is 3. The lowest BCUT2D eigenvalue weighted by Crippen LogP contribution is -2.41. The molecule has 6 nitrogen and oxygen atoms in total. The molecular weight excluding hydrogens is 378 g/mol. The van der Waals surface area contributed by atoms with Gasteiger partial charge in [-0.25, -0.2) is 0 Å². The number of amides is 3. The standard InChI is InChI=1S/C24H39N3O3/c1-2-25(17-19-7-8-19)13-9-18-10-14-26(15-11-18)22(28)12-16-27-23(29)20-5-3-4-6-21(20)24(27)30/h18-21H,2-17H2,1H3/t20-,21-/m0/s1. The van der Waals surface area contributed by atoms with E-state index in [2.05, 4.69) is 11.8 Å². The maximum Gasteiger partial charge on any atom is 0.233 e. The predicted octanol–water partition coefficient (Wildman–Crippen LogP) is 2.91. The van der Waals surface area contributed by atoms with Crippen molar-refractivity contribution in [3.8, 4) is 0 Å². The third-order valence-electron chi connectivity index (χ3n) is 7.96. The highest BCUT2D eigenvalue weighted by Crippen LogP contribution is 2.38. The molecule has 0 spiro atoms. The van der Waals surface area contributed by atoms with E-state index in [1.807, 2.05) is 4.90 Å². The van der Waals surface area contributed by atoms with Crippen LogP contribution in [0.2, 0.25) is 0 Å². The molecule has 2 saturated heterocycles. The molecular formula is C24H39N3O3. The molecule has 2 heterocycles. The Morgan fingerprint density at radius 2 is 1.57 bits per heavy atom. The third kappa shape index (κ3) is 5.06. The van der Waals surface area contributed by atoms with Gasteiger partial charge in [-0.1, -0.05) is 19.8 Å². The summed E-state index contributed by atoms with van der Waals surface area (Å²) >= 11 is 0. The first-order valence-electron chi connectivity index (χ1n) is 12.4. The van der Waals surface area contributed by atoms with Crippen molar-refractivity contribution in [3.63, 3.8) is 0 Å². The average Bonchev–Trinajstić information content (AvgIpc) is 3.56. The van der Waals surface area contributed by atoms with Gasteiger partial charge in [-0.15, -0.1) is 0 Å². The Balaban J connectivity index is 1.16. The molecule has 0 aromatic heterocycles. The van der Waals surface area contributed by atoms with E-state index in [1.165, 1.54) is 37.3 Å².